The maximum atomic E-state index is 11.4. The highest BCUT2D eigenvalue weighted by atomic mass is 79.9. The summed E-state index contributed by atoms with van der Waals surface area (Å²) >= 11 is 5.11. The normalized spacial score (nSPS) is 12.4. The Morgan fingerprint density at radius 3 is 3.07 bits per heavy atom. The zero-order valence-corrected chi connectivity index (χ0v) is 11.2. The van der Waals surface area contributed by atoms with Crippen molar-refractivity contribution in [3.8, 4) is 0 Å². The lowest BCUT2D eigenvalue weighted by Crippen LogP contribution is -2.26. The van der Waals surface area contributed by atoms with Gasteiger partial charge in [-0.3, -0.25) is 4.79 Å². The van der Waals surface area contributed by atoms with Crippen LogP contribution in [0.15, 0.2) is 17.5 Å². The van der Waals surface area contributed by atoms with E-state index in [0.717, 1.165) is 24.3 Å². The highest BCUT2D eigenvalue weighted by Gasteiger charge is 2.03. The number of rotatable bonds is 6. The van der Waals surface area contributed by atoms with E-state index in [9.17, 15) is 4.79 Å². The number of hydrogen-bond donors (Lipinski definition) is 1. The van der Waals surface area contributed by atoms with E-state index < -0.39 is 0 Å². The second kappa shape index (κ2) is 7.01. The Labute approximate surface area is 103 Å². The first kappa shape index (κ1) is 12.7. The fourth-order valence-corrected chi connectivity index (χ4v) is 2.27. The second-order valence-electron chi connectivity index (χ2n) is 3.53. The number of amides is 1. The molecule has 0 spiro atoms. The minimum absolute atomic E-state index is 0.125. The summed E-state index contributed by atoms with van der Waals surface area (Å²) in [6.07, 6.45) is 2.64. The van der Waals surface area contributed by atoms with Gasteiger partial charge >= 0.3 is 0 Å². The zero-order chi connectivity index (χ0) is 11.1. The molecule has 1 aromatic rings. The van der Waals surface area contributed by atoms with Crippen LogP contribution in [0.5, 0.6) is 0 Å². The molecule has 0 aliphatic rings. The molecule has 0 aromatic carbocycles. The van der Waals surface area contributed by atoms with E-state index in [1.54, 1.807) is 11.3 Å². The van der Waals surface area contributed by atoms with Gasteiger partial charge < -0.3 is 5.32 Å². The van der Waals surface area contributed by atoms with Crippen molar-refractivity contribution in [1.29, 1.82) is 0 Å². The predicted molar refractivity (Wildman–Crippen MR) is 68.7 cm³/mol. The van der Waals surface area contributed by atoms with Gasteiger partial charge in [-0.1, -0.05) is 28.9 Å². The van der Waals surface area contributed by atoms with E-state index in [0.29, 0.717) is 11.2 Å². The fourth-order valence-electron chi connectivity index (χ4n) is 1.25. The molecule has 0 fully saturated rings. The van der Waals surface area contributed by atoms with Gasteiger partial charge in [0.25, 0.3) is 0 Å². The van der Waals surface area contributed by atoms with Gasteiger partial charge in [-0.05, 0) is 24.3 Å². The molecule has 1 rings (SSSR count). The van der Waals surface area contributed by atoms with Crippen LogP contribution in [0, 0.1) is 0 Å². The summed E-state index contributed by atoms with van der Waals surface area (Å²) in [6.45, 7) is 2.90. The molecule has 0 saturated heterocycles. The summed E-state index contributed by atoms with van der Waals surface area (Å²) in [6, 6.07) is 3.96. The molecule has 15 heavy (non-hydrogen) atoms. The molecule has 1 aromatic heterocycles. The van der Waals surface area contributed by atoms with E-state index >= 15 is 0 Å². The van der Waals surface area contributed by atoms with Crippen LogP contribution in [-0.4, -0.2) is 17.3 Å². The van der Waals surface area contributed by atoms with Crippen LogP contribution in [0.2, 0.25) is 0 Å². The van der Waals surface area contributed by atoms with E-state index in [-0.39, 0.29) is 5.91 Å². The summed E-state index contributed by atoms with van der Waals surface area (Å²) in [4.78, 5) is 13.1. The van der Waals surface area contributed by atoms with Gasteiger partial charge in [-0.2, -0.15) is 0 Å². The molecule has 1 heterocycles. The first-order chi connectivity index (χ1) is 7.18. The van der Waals surface area contributed by atoms with Crippen molar-refractivity contribution >= 4 is 33.2 Å². The van der Waals surface area contributed by atoms with Gasteiger partial charge in [-0.15, -0.1) is 11.3 Å². The summed E-state index contributed by atoms with van der Waals surface area (Å²) in [5.74, 6) is 0.125. The number of carbonyl (C=O) groups excluding carboxylic acids is 1. The molecule has 1 atom stereocenters. The molecule has 0 bridgehead atoms. The number of halogens is 1. The smallest absolute Gasteiger partial charge is 0.225 e. The van der Waals surface area contributed by atoms with Crippen molar-refractivity contribution in [2.75, 3.05) is 6.54 Å². The number of thiophene rings is 1. The Morgan fingerprint density at radius 1 is 1.67 bits per heavy atom. The molecule has 84 valence electrons. The summed E-state index contributed by atoms with van der Waals surface area (Å²) < 4.78 is 0. The summed E-state index contributed by atoms with van der Waals surface area (Å²) in [7, 11) is 0. The Hall–Kier alpha value is -0.350. The number of carbonyl (C=O) groups is 1. The number of nitrogens with one attached hydrogen (secondary N) is 1. The molecule has 2 nitrogen and oxygen atoms in total. The molecule has 0 aliphatic carbocycles. The van der Waals surface area contributed by atoms with Crippen molar-refractivity contribution in [3.05, 3.63) is 22.4 Å². The van der Waals surface area contributed by atoms with Gasteiger partial charge in [0.15, 0.2) is 0 Å². The average molecular weight is 290 g/mol. The quantitative estimate of drug-likeness (QED) is 0.633. The third kappa shape index (κ3) is 5.95. The van der Waals surface area contributed by atoms with Crippen LogP contribution in [0.4, 0.5) is 0 Å². The standard InChI is InChI=1S/C11H16BrNOS/c1-9(12)4-2-6-13-11(14)8-10-5-3-7-15-10/h3,5,7,9H,2,4,6,8H2,1H3,(H,13,14). The molecular formula is C11H16BrNOS. The van der Waals surface area contributed by atoms with E-state index in [1.807, 2.05) is 17.5 Å². The van der Waals surface area contributed by atoms with Crippen LogP contribution in [0.3, 0.4) is 0 Å². The minimum Gasteiger partial charge on any atom is -0.356 e. The molecule has 0 saturated carbocycles. The summed E-state index contributed by atoms with van der Waals surface area (Å²) in [5.41, 5.74) is 0. The van der Waals surface area contributed by atoms with Crippen molar-refractivity contribution in [3.63, 3.8) is 0 Å². The molecule has 1 unspecified atom stereocenters. The topological polar surface area (TPSA) is 29.1 Å². The van der Waals surface area contributed by atoms with Gasteiger partial charge in [-0.25, -0.2) is 0 Å². The molecule has 0 radical (unpaired) electrons. The fraction of sp³-hybridized carbons (Fsp3) is 0.545. The van der Waals surface area contributed by atoms with Gasteiger partial charge in [0.1, 0.15) is 0 Å². The lowest BCUT2D eigenvalue weighted by Gasteiger charge is -2.05. The number of hydrogen-bond acceptors (Lipinski definition) is 2. The van der Waals surface area contributed by atoms with E-state index in [4.69, 9.17) is 0 Å². The van der Waals surface area contributed by atoms with E-state index in [1.165, 1.54) is 0 Å². The second-order valence-corrected chi connectivity index (χ2v) is 6.12. The molecule has 1 N–H and O–H groups in total. The van der Waals surface area contributed by atoms with Crippen LogP contribution < -0.4 is 5.32 Å². The molecular weight excluding hydrogens is 274 g/mol. The summed E-state index contributed by atoms with van der Waals surface area (Å²) in [5, 5.41) is 4.92. The maximum absolute atomic E-state index is 11.4. The van der Waals surface area contributed by atoms with Crippen LogP contribution >= 0.6 is 27.3 Å². The molecule has 4 heteroatoms. The molecule has 0 aliphatic heterocycles. The van der Waals surface area contributed by atoms with Crippen molar-refractivity contribution in [1.82, 2.24) is 5.32 Å². The van der Waals surface area contributed by atoms with Gasteiger partial charge in [0.05, 0.1) is 6.42 Å². The highest BCUT2D eigenvalue weighted by Crippen LogP contribution is 2.09. The Bertz CT molecular complexity index is 285. The third-order valence-corrected chi connectivity index (χ3v) is 3.35. The lowest BCUT2D eigenvalue weighted by atomic mass is 10.2. The van der Waals surface area contributed by atoms with Crippen LogP contribution in [0.1, 0.15) is 24.6 Å². The lowest BCUT2D eigenvalue weighted by molar-refractivity contribution is -0.120. The minimum atomic E-state index is 0.125. The predicted octanol–water partition coefficient (Wildman–Crippen LogP) is 2.97. The average Bonchev–Trinajstić information content (AvgIpc) is 2.64. The third-order valence-electron chi connectivity index (χ3n) is 2.02. The van der Waals surface area contributed by atoms with Crippen molar-refractivity contribution in [2.45, 2.75) is 31.0 Å². The zero-order valence-electron chi connectivity index (χ0n) is 8.83. The molecule has 1 amide bonds. The van der Waals surface area contributed by atoms with Crippen LogP contribution in [0.25, 0.3) is 0 Å². The number of alkyl halides is 1. The largest absolute Gasteiger partial charge is 0.356 e. The first-order valence-electron chi connectivity index (χ1n) is 5.11. The SMILES string of the molecule is CC(Br)CCCNC(=O)Cc1cccs1. The van der Waals surface area contributed by atoms with Gasteiger partial charge in [0, 0.05) is 16.2 Å². The highest BCUT2D eigenvalue weighted by molar-refractivity contribution is 9.09. The van der Waals surface area contributed by atoms with Gasteiger partial charge in [0.2, 0.25) is 5.91 Å². The Balaban J connectivity index is 2.09. The van der Waals surface area contributed by atoms with Crippen molar-refractivity contribution < 1.29 is 4.79 Å². The monoisotopic (exact) mass is 289 g/mol. The van der Waals surface area contributed by atoms with Crippen LogP contribution in [-0.2, 0) is 11.2 Å². The Kier molecular flexibility index (Phi) is 5.95. The van der Waals surface area contributed by atoms with E-state index in [2.05, 4.69) is 28.2 Å². The Morgan fingerprint density at radius 2 is 2.47 bits per heavy atom. The van der Waals surface area contributed by atoms with Crippen molar-refractivity contribution in [2.24, 2.45) is 0 Å². The first-order valence-corrected chi connectivity index (χ1v) is 6.91. The maximum Gasteiger partial charge on any atom is 0.225 e.